The topological polar surface area (TPSA) is 40.5 Å². The molecule has 0 saturated heterocycles. The molecule has 0 aliphatic rings. The number of aliphatic hydroxyl groups excluding tert-OH is 2. The minimum absolute atomic E-state index is 0.125. The molecule has 0 saturated carbocycles. The molecule has 0 bridgehead atoms. The molecule has 2 N–H and O–H groups in total. The normalized spacial score (nSPS) is 8.50. The van der Waals surface area contributed by atoms with Crippen molar-refractivity contribution >= 4 is 0 Å². The van der Waals surface area contributed by atoms with Gasteiger partial charge >= 0.3 is 0 Å². The number of halogens is 1. The van der Waals surface area contributed by atoms with Gasteiger partial charge < -0.3 is 10.2 Å². The first-order valence-corrected chi connectivity index (χ1v) is 2.26. The van der Waals surface area contributed by atoms with Gasteiger partial charge in [-0.3, -0.25) is 0 Å². The zero-order chi connectivity index (χ0) is 6.83. The Kier molecular flexibility index (Phi) is 21.1. The third-order valence-electron chi connectivity index (χ3n) is 0.226. The van der Waals surface area contributed by atoms with Crippen LogP contribution in [0.4, 0.5) is 4.39 Å². The van der Waals surface area contributed by atoms with E-state index in [0.717, 1.165) is 0 Å². The van der Waals surface area contributed by atoms with Gasteiger partial charge in [-0.15, -0.1) is 0 Å². The maximum Gasteiger partial charge on any atom is 0.0824 e. The highest BCUT2D eigenvalue weighted by molar-refractivity contribution is 4.61. The van der Waals surface area contributed by atoms with Crippen molar-refractivity contribution in [3.63, 3.8) is 0 Å². The fourth-order valence-corrected chi connectivity index (χ4v) is 0. The van der Waals surface area contributed by atoms with E-state index in [1.165, 1.54) is 6.08 Å². The standard InChI is InChI=1S/C3H5F.C2H6O2/c1-2-3-4;3-1-2-4/h2-3H,1H3;3-4H,1-2H2/b3-2+;. The molecule has 0 heterocycles. The molecule has 0 aromatic carbocycles. The van der Waals surface area contributed by atoms with Crippen LogP contribution in [0.2, 0.25) is 0 Å². The lowest BCUT2D eigenvalue weighted by molar-refractivity contribution is 0.186. The van der Waals surface area contributed by atoms with Crippen molar-refractivity contribution in [2.75, 3.05) is 13.2 Å². The van der Waals surface area contributed by atoms with Crippen LogP contribution in [-0.4, -0.2) is 23.4 Å². The third-order valence-corrected chi connectivity index (χ3v) is 0.226. The summed E-state index contributed by atoms with van der Waals surface area (Å²) in [5.41, 5.74) is 0. The molecule has 2 nitrogen and oxygen atoms in total. The molecule has 3 heteroatoms. The maximum absolute atomic E-state index is 10.5. The van der Waals surface area contributed by atoms with Crippen LogP contribution in [0.3, 0.4) is 0 Å². The van der Waals surface area contributed by atoms with E-state index < -0.39 is 0 Å². The van der Waals surface area contributed by atoms with Gasteiger partial charge in [0.25, 0.3) is 0 Å². The summed E-state index contributed by atoms with van der Waals surface area (Å²) in [6.07, 6.45) is 1.83. The predicted molar refractivity (Wildman–Crippen MR) is 30.1 cm³/mol. The largest absolute Gasteiger partial charge is 0.394 e. The maximum atomic E-state index is 10.5. The fraction of sp³-hybridized carbons (Fsp3) is 0.600. The molecular formula is C5H11FO2. The molecular weight excluding hydrogens is 111 g/mol. The Morgan fingerprint density at radius 2 is 1.62 bits per heavy atom. The second-order valence-electron chi connectivity index (χ2n) is 0.907. The molecule has 0 amide bonds. The first kappa shape index (κ1) is 10.5. The summed E-state index contributed by atoms with van der Waals surface area (Å²) < 4.78 is 10.5. The van der Waals surface area contributed by atoms with Crippen LogP contribution >= 0.6 is 0 Å². The van der Waals surface area contributed by atoms with Gasteiger partial charge in [0, 0.05) is 0 Å². The van der Waals surface area contributed by atoms with E-state index in [0.29, 0.717) is 6.33 Å². The van der Waals surface area contributed by atoms with Gasteiger partial charge in [-0.25, -0.2) is 4.39 Å². The van der Waals surface area contributed by atoms with Crippen molar-refractivity contribution < 1.29 is 14.6 Å². The first-order chi connectivity index (χ1) is 3.83. The van der Waals surface area contributed by atoms with E-state index >= 15 is 0 Å². The van der Waals surface area contributed by atoms with Gasteiger partial charge in [-0.1, -0.05) is 6.08 Å². The molecule has 0 atom stereocenters. The molecule has 0 aliphatic carbocycles. The Morgan fingerprint density at radius 3 is 1.62 bits per heavy atom. The molecule has 50 valence electrons. The smallest absolute Gasteiger partial charge is 0.0824 e. The van der Waals surface area contributed by atoms with Crippen molar-refractivity contribution in [2.45, 2.75) is 6.92 Å². The zero-order valence-electron chi connectivity index (χ0n) is 4.84. The van der Waals surface area contributed by atoms with Crippen LogP contribution < -0.4 is 0 Å². The molecule has 0 radical (unpaired) electrons. The summed E-state index contributed by atoms with van der Waals surface area (Å²) in [6, 6.07) is 0. The second kappa shape index (κ2) is 16.0. The summed E-state index contributed by atoms with van der Waals surface area (Å²) in [4.78, 5) is 0. The molecule has 0 aromatic rings. The minimum Gasteiger partial charge on any atom is -0.394 e. The molecule has 0 rings (SSSR count). The van der Waals surface area contributed by atoms with Crippen molar-refractivity contribution in [3.8, 4) is 0 Å². The highest BCUT2D eigenvalue weighted by Crippen LogP contribution is 1.62. The van der Waals surface area contributed by atoms with Gasteiger partial charge in [-0.2, -0.15) is 0 Å². The number of hydrogen-bond acceptors (Lipinski definition) is 2. The third kappa shape index (κ3) is 46.6. The zero-order valence-corrected chi connectivity index (χ0v) is 4.84. The molecule has 0 aliphatic heterocycles. The first-order valence-electron chi connectivity index (χ1n) is 2.26. The molecule has 0 fully saturated rings. The summed E-state index contributed by atoms with van der Waals surface area (Å²) >= 11 is 0. The van der Waals surface area contributed by atoms with Crippen molar-refractivity contribution in [2.24, 2.45) is 0 Å². The van der Waals surface area contributed by atoms with E-state index in [4.69, 9.17) is 10.2 Å². The highest BCUT2D eigenvalue weighted by Gasteiger charge is 1.58. The van der Waals surface area contributed by atoms with Crippen LogP contribution in [0, 0.1) is 0 Å². The van der Waals surface area contributed by atoms with Crippen LogP contribution in [0.15, 0.2) is 12.4 Å². The number of allylic oxidation sites excluding steroid dienone is 1. The molecule has 8 heavy (non-hydrogen) atoms. The van der Waals surface area contributed by atoms with Crippen LogP contribution in [0.1, 0.15) is 6.92 Å². The quantitative estimate of drug-likeness (QED) is 0.530. The fourth-order valence-electron chi connectivity index (χ4n) is 0. The monoisotopic (exact) mass is 122 g/mol. The average Bonchev–Trinajstić information content (AvgIpc) is 1.88. The van der Waals surface area contributed by atoms with Gasteiger partial charge in [-0.05, 0) is 6.92 Å². The van der Waals surface area contributed by atoms with Crippen molar-refractivity contribution in [1.82, 2.24) is 0 Å². The molecule has 0 spiro atoms. The number of hydrogen-bond donors (Lipinski definition) is 2. The Labute approximate surface area is 48.3 Å². The van der Waals surface area contributed by atoms with E-state index in [1.54, 1.807) is 6.92 Å². The predicted octanol–water partition coefficient (Wildman–Crippen LogP) is 0.460. The lowest BCUT2D eigenvalue weighted by atomic mass is 10.8. The Morgan fingerprint density at radius 1 is 1.38 bits per heavy atom. The highest BCUT2D eigenvalue weighted by atomic mass is 19.1. The molecule has 0 unspecified atom stereocenters. The number of rotatable bonds is 1. The lowest BCUT2D eigenvalue weighted by Gasteiger charge is -1.70. The van der Waals surface area contributed by atoms with E-state index in [1.807, 2.05) is 0 Å². The summed E-state index contributed by atoms with van der Waals surface area (Å²) in [7, 11) is 0. The Bertz CT molecular complexity index is 39.7. The lowest BCUT2D eigenvalue weighted by Crippen LogP contribution is -1.85. The van der Waals surface area contributed by atoms with Gasteiger partial charge in [0.1, 0.15) is 0 Å². The SMILES string of the molecule is C/C=C/F.OCCO. The summed E-state index contributed by atoms with van der Waals surface area (Å²) in [5.74, 6) is 0. The summed E-state index contributed by atoms with van der Waals surface area (Å²) in [6.45, 7) is 1.38. The van der Waals surface area contributed by atoms with Crippen LogP contribution in [0.5, 0.6) is 0 Å². The van der Waals surface area contributed by atoms with Crippen LogP contribution in [0.25, 0.3) is 0 Å². The van der Waals surface area contributed by atoms with Gasteiger partial charge in [0.15, 0.2) is 0 Å². The second-order valence-corrected chi connectivity index (χ2v) is 0.907. The van der Waals surface area contributed by atoms with E-state index in [-0.39, 0.29) is 13.2 Å². The van der Waals surface area contributed by atoms with E-state index in [2.05, 4.69) is 0 Å². The van der Waals surface area contributed by atoms with Crippen molar-refractivity contribution in [3.05, 3.63) is 12.4 Å². The van der Waals surface area contributed by atoms with Gasteiger partial charge in [0.2, 0.25) is 0 Å². The van der Waals surface area contributed by atoms with E-state index in [9.17, 15) is 4.39 Å². The Hall–Kier alpha value is -0.410. The Balaban J connectivity index is 0. The van der Waals surface area contributed by atoms with Crippen LogP contribution in [-0.2, 0) is 0 Å². The van der Waals surface area contributed by atoms with Crippen molar-refractivity contribution in [1.29, 1.82) is 0 Å². The van der Waals surface area contributed by atoms with Gasteiger partial charge in [0.05, 0.1) is 19.5 Å². The summed E-state index contributed by atoms with van der Waals surface area (Å²) in [5, 5.41) is 15.2. The minimum atomic E-state index is -0.125. The number of aliphatic hydroxyl groups is 2. The average molecular weight is 122 g/mol. The molecule has 0 aromatic heterocycles.